The lowest BCUT2D eigenvalue weighted by Crippen LogP contribution is -2.41. The maximum atomic E-state index is 13.7. The van der Waals surface area contributed by atoms with Gasteiger partial charge in [-0.25, -0.2) is 4.39 Å². The van der Waals surface area contributed by atoms with E-state index in [0.29, 0.717) is 13.0 Å². The van der Waals surface area contributed by atoms with Crippen LogP contribution in [0.2, 0.25) is 0 Å². The number of carbonyl (C=O) groups excluding carboxylic acids is 2. The van der Waals surface area contributed by atoms with Crippen LogP contribution >= 0.6 is 0 Å². The molecule has 1 aliphatic carbocycles. The maximum absolute atomic E-state index is 13.7. The molecule has 190 valence electrons. The lowest BCUT2D eigenvalue weighted by Gasteiger charge is -2.38. The molecule has 0 saturated heterocycles. The van der Waals surface area contributed by atoms with Crippen molar-refractivity contribution in [3.05, 3.63) is 107 Å². The highest BCUT2D eigenvalue weighted by Crippen LogP contribution is 2.48. The summed E-state index contributed by atoms with van der Waals surface area (Å²) in [6, 6.07) is 21.8. The summed E-state index contributed by atoms with van der Waals surface area (Å²) in [7, 11) is 0. The molecule has 5 rings (SSSR count). The van der Waals surface area contributed by atoms with Gasteiger partial charge in [-0.3, -0.25) is 9.59 Å². The van der Waals surface area contributed by atoms with Crippen molar-refractivity contribution in [3.63, 3.8) is 0 Å². The van der Waals surface area contributed by atoms with E-state index in [-0.39, 0.29) is 29.5 Å². The van der Waals surface area contributed by atoms with E-state index in [2.05, 4.69) is 36.6 Å². The van der Waals surface area contributed by atoms with Crippen LogP contribution in [0.1, 0.15) is 49.4 Å². The minimum atomic E-state index is -0.410. The van der Waals surface area contributed by atoms with Crippen LogP contribution in [0.3, 0.4) is 0 Å². The van der Waals surface area contributed by atoms with Crippen molar-refractivity contribution < 1.29 is 14.0 Å². The molecule has 1 amide bonds. The summed E-state index contributed by atoms with van der Waals surface area (Å²) >= 11 is 0. The van der Waals surface area contributed by atoms with Gasteiger partial charge in [0.25, 0.3) is 0 Å². The molecule has 1 heterocycles. The highest BCUT2D eigenvalue weighted by Gasteiger charge is 2.41. The molecule has 0 fully saturated rings. The fourth-order valence-electron chi connectivity index (χ4n) is 5.34. The summed E-state index contributed by atoms with van der Waals surface area (Å²) in [5.41, 5.74) is 6.15. The fraction of sp³-hybridized carbons (Fsp3) is 0.290. The van der Waals surface area contributed by atoms with E-state index in [9.17, 15) is 14.0 Å². The van der Waals surface area contributed by atoms with Crippen LogP contribution in [-0.2, 0) is 16.1 Å². The first kappa shape index (κ1) is 24.8. The molecule has 1 atom stereocenters. The number of fused-ring (bicyclic) bond motifs is 1. The molecule has 3 aromatic rings. The van der Waals surface area contributed by atoms with Gasteiger partial charge in [-0.05, 0) is 54.2 Å². The Balaban J connectivity index is 1.56. The average molecular weight is 498 g/mol. The number of amides is 1. The van der Waals surface area contributed by atoms with Crippen LogP contribution in [-0.4, -0.2) is 18.2 Å². The minimum Gasteiger partial charge on any atom is -0.357 e. The Labute approximate surface area is 217 Å². The highest BCUT2D eigenvalue weighted by atomic mass is 19.1. The number of para-hydroxylation sites is 2. The van der Waals surface area contributed by atoms with E-state index < -0.39 is 6.04 Å². The predicted octanol–water partition coefficient (Wildman–Crippen LogP) is 6.07. The number of halogens is 1. The van der Waals surface area contributed by atoms with E-state index in [4.69, 9.17) is 0 Å². The standard InChI is InChI=1S/C31H32FN3O2/c1-20-8-12-22(13-9-20)30-29-25(16-31(2,3)17-27(29)36)34-24-6-4-5-7-26(24)35(30)19-28(37)33-18-21-10-14-23(32)15-11-21/h4-15,30,34H,16-19H2,1-3H3,(H,33,37). The smallest absolute Gasteiger partial charge is 0.239 e. The number of nitrogens with zero attached hydrogens (tertiary/aromatic N) is 1. The van der Waals surface area contributed by atoms with Gasteiger partial charge in [0.15, 0.2) is 5.78 Å². The summed E-state index contributed by atoms with van der Waals surface area (Å²) in [4.78, 5) is 29.0. The molecule has 0 bridgehead atoms. The van der Waals surface area contributed by atoms with E-state index >= 15 is 0 Å². The van der Waals surface area contributed by atoms with Gasteiger partial charge < -0.3 is 15.5 Å². The number of aryl methyl sites for hydroxylation is 1. The van der Waals surface area contributed by atoms with Crippen molar-refractivity contribution in [2.24, 2.45) is 5.41 Å². The van der Waals surface area contributed by atoms with Crippen molar-refractivity contribution in [3.8, 4) is 0 Å². The third-order valence-corrected chi connectivity index (χ3v) is 7.11. The van der Waals surface area contributed by atoms with Gasteiger partial charge in [-0.1, -0.05) is 67.9 Å². The Hall–Kier alpha value is -3.93. The summed E-state index contributed by atoms with van der Waals surface area (Å²) in [6.07, 6.45) is 1.20. The quantitative estimate of drug-likeness (QED) is 0.449. The molecule has 6 heteroatoms. The van der Waals surface area contributed by atoms with Gasteiger partial charge in [0.2, 0.25) is 5.91 Å². The molecule has 37 heavy (non-hydrogen) atoms. The minimum absolute atomic E-state index is 0.0614. The van der Waals surface area contributed by atoms with Crippen molar-refractivity contribution in [1.29, 1.82) is 0 Å². The number of benzene rings is 3. The number of hydrogen-bond donors (Lipinski definition) is 2. The van der Waals surface area contributed by atoms with Crippen LogP contribution in [0.4, 0.5) is 15.8 Å². The highest BCUT2D eigenvalue weighted by molar-refractivity contribution is 6.01. The first-order chi connectivity index (χ1) is 17.7. The molecule has 0 aromatic heterocycles. The second-order valence-corrected chi connectivity index (χ2v) is 10.8. The van der Waals surface area contributed by atoms with E-state index in [0.717, 1.165) is 45.8 Å². The van der Waals surface area contributed by atoms with Gasteiger partial charge in [-0.2, -0.15) is 0 Å². The summed E-state index contributed by atoms with van der Waals surface area (Å²) in [5, 5.41) is 6.54. The molecule has 2 N–H and O–H groups in total. The van der Waals surface area contributed by atoms with Crippen LogP contribution in [0, 0.1) is 18.2 Å². The van der Waals surface area contributed by atoms with Crippen molar-refractivity contribution in [2.45, 2.75) is 46.2 Å². The predicted molar refractivity (Wildman–Crippen MR) is 145 cm³/mol. The SMILES string of the molecule is Cc1ccc(C2C3=C(CC(C)(C)CC3=O)Nc3ccccc3N2CC(=O)NCc2ccc(F)cc2)cc1. The molecule has 0 spiro atoms. The lowest BCUT2D eigenvalue weighted by molar-refractivity contribution is -0.120. The Bertz CT molecular complexity index is 1360. The number of rotatable bonds is 5. The molecular formula is C31H32FN3O2. The Kier molecular flexibility index (Phi) is 6.59. The Morgan fingerprint density at radius 1 is 1.03 bits per heavy atom. The largest absolute Gasteiger partial charge is 0.357 e. The third kappa shape index (κ3) is 5.29. The number of anilines is 2. The molecule has 1 aliphatic heterocycles. The average Bonchev–Trinajstić information content (AvgIpc) is 2.98. The zero-order valence-electron chi connectivity index (χ0n) is 21.5. The number of ketones is 1. The van der Waals surface area contributed by atoms with Crippen molar-refractivity contribution >= 4 is 23.1 Å². The van der Waals surface area contributed by atoms with E-state index in [1.807, 2.05) is 48.2 Å². The van der Waals surface area contributed by atoms with Crippen LogP contribution in [0.15, 0.2) is 84.1 Å². The number of carbonyl (C=O) groups is 2. The summed E-state index contributed by atoms with van der Waals surface area (Å²) in [6.45, 7) is 6.63. The first-order valence-corrected chi connectivity index (χ1v) is 12.7. The Morgan fingerprint density at radius 2 is 1.73 bits per heavy atom. The molecule has 0 saturated carbocycles. The molecule has 1 unspecified atom stereocenters. The fourth-order valence-corrected chi connectivity index (χ4v) is 5.34. The number of allylic oxidation sites excluding steroid dienone is 1. The lowest BCUT2D eigenvalue weighted by atomic mass is 9.73. The maximum Gasteiger partial charge on any atom is 0.239 e. The zero-order valence-corrected chi connectivity index (χ0v) is 21.5. The monoisotopic (exact) mass is 497 g/mol. The summed E-state index contributed by atoms with van der Waals surface area (Å²) < 4.78 is 13.3. The van der Waals surface area contributed by atoms with Crippen molar-refractivity contribution in [1.82, 2.24) is 5.32 Å². The van der Waals surface area contributed by atoms with Gasteiger partial charge in [0.1, 0.15) is 5.82 Å². The van der Waals surface area contributed by atoms with Crippen LogP contribution in [0.25, 0.3) is 0 Å². The molecule has 5 nitrogen and oxygen atoms in total. The number of Topliss-reactive ketones (excluding diaryl/α,β-unsaturated/α-hetero) is 1. The molecule has 3 aromatic carbocycles. The van der Waals surface area contributed by atoms with Crippen LogP contribution < -0.4 is 15.5 Å². The first-order valence-electron chi connectivity index (χ1n) is 12.7. The normalized spacial score (nSPS) is 18.4. The third-order valence-electron chi connectivity index (χ3n) is 7.11. The molecular weight excluding hydrogens is 465 g/mol. The number of hydrogen-bond acceptors (Lipinski definition) is 4. The number of nitrogens with one attached hydrogen (secondary N) is 2. The van der Waals surface area contributed by atoms with E-state index in [1.54, 1.807) is 12.1 Å². The van der Waals surface area contributed by atoms with Gasteiger partial charge in [0.05, 0.1) is 24.0 Å². The van der Waals surface area contributed by atoms with Crippen LogP contribution in [0.5, 0.6) is 0 Å². The van der Waals surface area contributed by atoms with Gasteiger partial charge in [-0.15, -0.1) is 0 Å². The second kappa shape index (κ2) is 9.85. The topological polar surface area (TPSA) is 61.4 Å². The Morgan fingerprint density at radius 3 is 2.46 bits per heavy atom. The van der Waals surface area contributed by atoms with Gasteiger partial charge >= 0.3 is 0 Å². The molecule has 0 radical (unpaired) electrons. The summed E-state index contributed by atoms with van der Waals surface area (Å²) in [5.74, 6) is -0.383. The zero-order chi connectivity index (χ0) is 26.2. The van der Waals surface area contributed by atoms with E-state index in [1.165, 1.54) is 12.1 Å². The molecule has 2 aliphatic rings. The second-order valence-electron chi connectivity index (χ2n) is 10.8. The van der Waals surface area contributed by atoms with Crippen molar-refractivity contribution in [2.75, 3.05) is 16.8 Å². The van der Waals surface area contributed by atoms with Gasteiger partial charge in [0, 0.05) is 24.2 Å².